The van der Waals surface area contributed by atoms with Gasteiger partial charge >= 0.3 is 0 Å². The van der Waals surface area contributed by atoms with Gasteiger partial charge in [-0.2, -0.15) is 11.8 Å². The Balaban J connectivity index is 1.58. The van der Waals surface area contributed by atoms with Crippen molar-refractivity contribution in [3.05, 3.63) is 0 Å². The minimum Gasteiger partial charge on any atom is -0.362 e. The van der Waals surface area contributed by atoms with Gasteiger partial charge in [0.05, 0.1) is 6.54 Å². The average molecular weight is 313 g/mol. The molecule has 20 heavy (non-hydrogen) atoms. The van der Waals surface area contributed by atoms with Gasteiger partial charge < -0.3 is 5.32 Å². The molecule has 114 valence electrons. The van der Waals surface area contributed by atoms with E-state index in [0.717, 1.165) is 18.5 Å². The molecule has 1 heterocycles. The topological polar surface area (TPSA) is 24.4 Å². The van der Waals surface area contributed by atoms with Crippen molar-refractivity contribution in [2.45, 2.75) is 68.6 Å². The van der Waals surface area contributed by atoms with Crippen LogP contribution in [0.5, 0.6) is 0 Å². The smallest absolute Gasteiger partial charge is 0.156 e. The summed E-state index contributed by atoms with van der Waals surface area (Å²) in [6, 6.07) is 0.723. The number of nitrogens with one attached hydrogen (secondary N) is 1. The Hall–Kier alpha value is 0.170. The molecular formula is C16H28N2S2. The second-order valence-electron chi connectivity index (χ2n) is 6.68. The molecule has 1 saturated heterocycles. The van der Waals surface area contributed by atoms with E-state index in [-0.39, 0.29) is 0 Å². The summed E-state index contributed by atoms with van der Waals surface area (Å²) >= 11 is 4.04. The summed E-state index contributed by atoms with van der Waals surface area (Å²) in [7, 11) is 0. The van der Waals surface area contributed by atoms with E-state index >= 15 is 0 Å². The van der Waals surface area contributed by atoms with Crippen LogP contribution in [0.1, 0.15) is 57.8 Å². The van der Waals surface area contributed by atoms with Crippen molar-refractivity contribution in [3.8, 4) is 0 Å². The second kappa shape index (κ2) is 6.95. The van der Waals surface area contributed by atoms with Crippen LogP contribution < -0.4 is 5.32 Å². The Morgan fingerprint density at radius 3 is 2.80 bits per heavy atom. The summed E-state index contributed by atoms with van der Waals surface area (Å²) in [6.45, 7) is 1.03. The highest BCUT2D eigenvalue weighted by Crippen LogP contribution is 2.39. The van der Waals surface area contributed by atoms with Crippen LogP contribution in [0.3, 0.4) is 0 Å². The van der Waals surface area contributed by atoms with Crippen LogP contribution in [0.2, 0.25) is 0 Å². The van der Waals surface area contributed by atoms with Gasteiger partial charge in [0.25, 0.3) is 0 Å². The number of fused-ring (bicyclic) bond motifs is 1. The normalized spacial score (nSPS) is 35.4. The molecule has 0 aromatic heterocycles. The maximum atomic E-state index is 4.99. The summed E-state index contributed by atoms with van der Waals surface area (Å²) in [6.07, 6.45) is 14.9. The molecule has 4 heteroatoms. The van der Waals surface area contributed by atoms with Crippen LogP contribution in [0.4, 0.5) is 0 Å². The van der Waals surface area contributed by atoms with Crippen molar-refractivity contribution in [1.82, 2.24) is 5.32 Å². The zero-order valence-corrected chi connectivity index (χ0v) is 14.3. The molecule has 2 atom stereocenters. The number of thioether (sulfide) groups is 2. The average Bonchev–Trinajstić information content (AvgIpc) is 2.54. The summed E-state index contributed by atoms with van der Waals surface area (Å²) in [4.78, 5) is 4.99. The molecule has 0 aromatic carbocycles. The molecule has 1 N–H and O–H groups in total. The van der Waals surface area contributed by atoms with E-state index in [1.54, 1.807) is 0 Å². The third-order valence-electron chi connectivity index (χ3n) is 5.36. The van der Waals surface area contributed by atoms with Gasteiger partial charge in [0.15, 0.2) is 5.17 Å². The zero-order valence-electron chi connectivity index (χ0n) is 12.7. The monoisotopic (exact) mass is 312 g/mol. The van der Waals surface area contributed by atoms with Gasteiger partial charge in [-0.25, -0.2) is 0 Å². The highest BCUT2D eigenvalue weighted by molar-refractivity contribution is 8.13. The number of nitrogens with zero attached hydrogens (tertiary/aromatic N) is 1. The summed E-state index contributed by atoms with van der Waals surface area (Å²) in [5.74, 6) is 2.19. The lowest BCUT2D eigenvalue weighted by Crippen LogP contribution is -2.46. The Bertz CT molecular complexity index is 350. The van der Waals surface area contributed by atoms with Crippen LogP contribution in [0, 0.1) is 5.92 Å². The quantitative estimate of drug-likeness (QED) is 0.840. The lowest BCUT2D eigenvalue weighted by Gasteiger charge is -2.38. The largest absolute Gasteiger partial charge is 0.362 e. The molecule has 0 radical (unpaired) electrons. The maximum absolute atomic E-state index is 4.99. The first kappa shape index (κ1) is 15.1. The van der Waals surface area contributed by atoms with Crippen LogP contribution in [0.15, 0.2) is 4.99 Å². The molecule has 3 fully saturated rings. The van der Waals surface area contributed by atoms with E-state index in [9.17, 15) is 0 Å². The number of aliphatic imine (C=N–C) groups is 1. The molecule has 0 aromatic rings. The molecule has 0 amide bonds. The third-order valence-corrected chi connectivity index (χ3v) is 7.88. The van der Waals surface area contributed by atoms with E-state index in [0.29, 0.717) is 4.75 Å². The van der Waals surface area contributed by atoms with Crippen molar-refractivity contribution in [3.63, 3.8) is 0 Å². The highest BCUT2D eigenvalue weighted by atomic mass is 32.2. The van der Waals surface area contributed by atoms with Gasteiger partial charge in [-0.1, -0.05) is 43.9 Å². The first-order chi connectivity index (χ1) is 9.81. The summed E-state index contributed by atoms with van der Waals surface area (Å²) < 4.78 is 0.441. The predicted octanol–water partition coefficient (Wildman–Crippen LogP) is 4.30. The minimum atomic E-state index is 0.441. The lowest BCUT2D eigenvalue weighted by atomic mass is 9.86. The van der Waals surface area contributed by atoms with Gasteiger partial charge in [-0.15, -0.1) is 0 Å². The Morgan fingerprint density at radius 2 is 2.00 bits per heavy atom. The second-order valence-corrected chi connectivity index (χ2v) is 8.96. The van der Waals surface area contributed by atoms with Gasteiger partial charge in [-0.05, 0) is 37.9 Å². The molecule has 1 aliphatic heterocycles. The number of amidine groups is 1. The maximum Gasteiger partial charge on any atom is 0.156 e. The first-order valence-corrected chi connectivity index (χ1v) is 10.5. The fraction of sp³-hybridized carbons (Fsp3) is 0.938. The van der Waals surface area contributed by atoms with Crippen LogP contribution >= 0.6 is 23.5 Å². The third kappa shape index (κ3) is 3.49. The fourth-order valence-corrected chi connectivity index (χ4v) is 5.97. The Morgan fingerprint density at radius 1 is 1.20 bits per heavy atom. The van der Waals surface area contributed by atoms with Crippen molar-refractivity contribution in [2.75, 3.05) is 18.6 Å². The van der Waals surface area contributed by atoms with E-state index in [1.165, 1.54) is 68.7 Å². The van der Waals surface area contributed by atoms with Crippen LogP contribution in [-0.2, 0) is 0 Å². The highest BCUT2D eigenvalue weighted by Gasteiger charge is 2.33. The van der Waals surface area contributed by atoms with E-state index in [2.05, 4.69) is 23.3 Å². The molecule has 0 spiro atoms. The van der Waals surface area contributed by atoms with Crippen LogP contribution in [0.25, 0.3) is 0 Å². The van der Waals surface area contributed by atoms with Gasteiger partial charge in [0, 0.05) is 16.5 Å². The fourth-order valence-electron chi connectivity index (χ4n) is 3.91. The summed E-state index contributed by atoms with van der Waals surface area (Å²) in [5, 5.41) is 4.98. The van der Waals surface area contributed by atoms with Crippen LogP contribution in [-0.4, -0.2) is 34.5 Å². The Labute approximate surface area is 132 Å². The molecule has 2 aliphatic carbocycles. The molecule has 2 saturated carbocycles. The van der Waals surface area contributed by atoms with Gasteiger partial charge in [0.1, 0.15) is 0 Å². The SMILES string of the molecule is CSC1(CN=C2NC3CCCCC3CS2)CCCCC1. The number of hydrogen-bond donors (Lipinski definition) is 1. The number of rotatable bonds is 3. The molecule has 2 unspecified atom stereocenters. The van der Waals surface area contributed by atoms with Gasteiger partial charge in [0.2, 0.25) is 0 Å². The predicted molar refractivity (Wildman–Crippen MR) is 93.0 cm³/mol. The van der Waals surface area contributed by atoms with E-state index < -0.39 is 0 Å². The number of hydrogen-bond acceptors (Lipinski definition) is 3. The molecule has 2 nitrogen and oxygen atoms in total. The zero-order chi connectivity index (χ0) is 13.8. The molecular weight excluding hydrogens is 284 g/mol. The van der Waals surface area contributed by atoms with E-state index in [4.69, 9.17) is 4.99 Å². The van der Waals surface area contributed by atoms with Gasteiger partial charge in [-0.3, -0.25) is 4.99 Å². The minimum absolute atomic E-state index is 0.441. The molecule has 3 rings (SSSR count). The molecule has 3 aliphatic rings. The van der Waals surface area contributed by atoms with E-state index in [1.807, 2.05) is 11.8 Å². The lowest BCUT2D eigenvalue weighted by molar-refractivity contribution is 0.310. The van der Waals surface area contributed by atoms with Crippen molar-refractivity contribution in [2.24, 2.45) is 10.9 Å². The van der Waals surface area contributed by atoms with Crippen molar-refractivity contribution < 1.29 is 0 Å². The Kier molecular flexibility index (Phi) is 5.24. The standard InChI is InChI=1S/C16H28N2S2/c1-19-16(9-5-2-6-10-16)12-17-15-18-14-8-4-3-7-13(14)11-20-15/h13-14H,2-12H2,1H3,(H,17,18). The summed E-state index contributed by atoms with van der Waals surface area (Å²) in [5.41, 5.74) is 0. The molecule has 0 bridgehead atoms. The van der Waals surface area contributed by atoms with Crippen molar-refractivity contribution >= 4 is 28.7 Å². The first-order valence-electron chi connectivity index (χ1n) is 8.30. The van der Waals surface area contributed by atoms with Crippen molar-refractivity contribution in [1.29, 1.82) is 0 Å².